The Morgan fingerprint density at radius 2 is 1.95 bits per heavy atom. The molecule has 1 aliphatic heterocycles. The minimum atomic E-state index is 0.557. The molecule has 0 aliphatic carbocycles. The number of fused-ring (bicyclic) bond motifs is 1. The largest absolute Gasteiger partial charge is 0.496 e. The van der Waals surface area contributed by atoms with Crippen LogP contribution in [0.15, 0.2) is 18.2 Å². The van der Waals surface area contributed by atoms with Crippen LogP contribution >= 0.6 is 0 Å². The highest BCUT2D eigenvalue weighted by atomic mass is 16.5. The molecule has 0 fully saturated rings. The van der Waals surface area contributed by atoms with E-state index in [4.69, 9.17) is 4.74 Å². The Balaban J connectivity index is 2.07. The number of anilines is 1. The Bertz CT molecular complexity index is 435. The molecule has 1 atom stereocenters. The number of rotatable bonds is 6. The summed E-state index contributed by atoms with van der Waals surface area (Å²) in [6.07, 6.45) is 1.18. The molecule has 1 N–H and O–H groups in total. The zero-order valence-corrected chi connectivity index (χ0v) is 13.4. The summed E-state index contributed by atoms with van der Waals surface area (Å²) >= 11 is 0. The van der Waals surface area contributed by atoms with Crippen molar-refractivity contribution in [1.29, 1.82) is 0 Å². The van der Waals surface area contributed by atoms with Crippen molar-refractivity contribution in [2.45, 2.75) is 52.1 Å². The predicted octanol–water partition coefficient (Wildman–Crippen LogP) is 3.71. The molecule has 3 nitrogen and oxygen atoms in total. The Hall–Kier alpha value is -1.22. The van der Waals surface area contributed by atoms with Gasteiger partial charge in [0, 0.05) is 35.8 Å². The van der Waals surface area contributed by atoms with E-state index in [2.05, 4.69) is 56.1 Å². The van der Waals surface area contributed by atoms with Crippen LogP contribution in [0.5, 0.6) is 5.75 Å². The van der Waals surface area contributed by atoms with Crippen molar-refractivity contribution in [1.82, 2.24) is 4.90 Å². The SMILES string of the molecule is COc1cccc2c1C(CCN(C(C)C)C(C)C)CN2. The lowest BCUT2D eigenvalue weighted by molar-refractivity contribution is 0.169. The predicted molar refractivity (Wildman–Crippen MR) is 85.8 cm³/mol. The van der Waals surface area contributed by atoms with Crippen molar-refractivity contribution in [2.75, 3.05) is 25.5 Å². The monoisotopic (exact) mass is 276 g/mol. The van der Waals surface area contributed by atoms with Crippen molar-refractivity contribution in [3.05, 3.63) is 23.8 Å². The van der Waals surface area contributed by atoms with Crippen molar-refractivity contribution >= 4 is 5.69 Å². The van der Waals surface area contributed by atoms with Crippen LogP contribution in [0.4, 0.5) is 5.69 Å². The lowest BCUT2D eigenvalue weighted by atomic mass is 9.96. The number of methoxy groups -OCH3 is 1. The molecule has 0 amide bonds. The Morgan fingerprint density at radius 3 is 2.55 bits per heavy atom. The zero-order chi connectivity index (χ0) is 14.7. The van der Waals surface area contributed by atoms with Crippen LogP contribution in [0, 0.1) is 0 Å². The second-order valence-electron chi connectivity index (χ2n) is 6.21. The van der Waals surface area contributed by atoms with Gasteiger partial charge in [0.2, 0.25) is 0 Å². The molecule has 2 rings (SSSR count). The lowest BCUT2D eigenvalue weighted by Gasteiger charge is -2.31. The maximum atomic E-state index is 5.54. The van der Waals surface area contributed by atoms with Crippen LogP contribution in [-0.2, 0) is 0 Å². The Kier molecular flexibility index (Phi) is 4.92. The van der Waals surface area contributed by atoms with Crippen molar-refractivity contribution in [3.63, 3.8) is 0 Å². The van der Waals surface area contributed by atoms with E-state index < -0.39 is 0 Å². The van der Waals surface area contributed by atoms with Crippen molar-refractivity contribution in [2.24, 2.45) is 0 Å². The summed E-state index contributed by atoms with van der Waals surface area (Å²) in [5, 5.41) is 3.51. The number of ether oxygens (including phenoxy) is 1. The average Bonchev–Trinajstić information content (AvgIpc) is 2.81. The van der Waals surface area contributed by atoms with Gasteiger partial charge in [-0.2, -0.15) is 0 Å². The van der Waals surface area contributed by atoms with E-state index in [0.29, 0.717) is 18.0 Å². The number of nitrogens with zero attached hydrogens (tertiary/aromatic N) is 1. The molecule has 1 heterocycles. The first-order valence-corrected chi connectivity index (χ1v) is 7.71. The van der Waals surface area contributed by atoms with Gasteiger partial charge in [0.1, 0.15) is 5.75 Å². The van der Waals surface area contributed by atoms with Crippen LogP contribution in [0.1, 0.15) is 45.6 Å². The summed E-state index contributed by atoms with van der Waals surface area (Å²) in [5.41, 5.74) is 2.61. The van der Waals surface area contributed by atoms with Gasteiger partial charge < -0.3 is 10.1 Å². The van der Waals surface area contributed by atoms with E-state index >= 15 is 0 Å². The summed E-state index contributed by atoms with van der Waals surface area (Å²) in [7, 11) is 1.76. The first-order valence-electron chi connectivity index (χ1n) is 7.71. The van der Waals surface area contributed by atoms with Gasteiger partial charge in [0.05, 0.1) is 7.11 Å². The number of hydrogen-bond donors (Lipinski definition) is 1. The summed E-state index contributed by atoms with van der Waals surface area (Å²) in [6, 6.07) is 7.48. The molecule has 0 saturated heterocycles. The van der Waals surface area contributed by atoms with E-state index in [1.54, 1.807) is 7.11 Å². The van der Waals surface area contributed by atoms with Gasteiger partial charge in [0.25, 0.3) is 0 Å². The fourth-order valence-electron chi connectivity index (χ4n) is 3.30. The fraction of sp³-hybridized carbons (Fsp3) is 0.647. The van der Waals surface area contributed by atoms with Gasteiger partial charge in [-0.15, -0.1) is 0 Å². The van der Waals surface area contributed by atoms with Crippen LogP contribution < -0.4 is 10.1 Å². The van der Waals surface area contributed by atoms with Crippen molar-refractivity contribution < 1.29 is 4.74 Å². The van der Waals surface area contributed by atoms with Gasteiger partial charge in [-0.3, -0.25) is 4.90 Å². The minimum absolute atomic E-state index is 0.557. The summed E-state index contributed by atoms with van der Waals surface area (Å²) in [4.78, 5) is 2.56. The second-order valence-corrected chi connectivity index (χ2v) is 6.21. The van der Waals surface area contributed by atoms with Gasteiger partial charge in [0.15, 0.2) is 0 Å². The molecule has 0 aromatic heterocycles. The first-order chi connectivity index (χ1) is 9.54. The van der Waals surface area contributed by atoms with Gasteiger partial charge in [-0.25, -0.2) is 0 Å². The van der Waals surface area contributed by atoms with Crippen LogP contribution in [0.2, 0.25) is 0 Å². The van der Waals surface area contributed by atoms with Gasteiger partial charge >= 0.3 is 0 Å². The number of nitrogens with one attached hydrogen (secondary N) is 1. The van der Waals surface area contributed by atoms with Gasteiger partial charge in [-0.05, 0) is 52.8 Å². The topological polar surface area (TPSA) is 24.5 Å². The van der Waals surface area contributed by atoms with Crippen LogP contribution in [-0.4, -0.2) is 37.2 Å². The highest BCUT2D eigenvalue weighted by molar-refractivity contribution is 5.63. The van der Waals surface area contributed by atoms with E-state index in [1.165, 1.54) is 17.7 Å². The smallest absolute Gasteiger partial charge is 0.124 e. The molecule has 20 heavy (non-hydrogen) atoms. The highest BCUT2D eigenvalue weighted by Gasteiger charge is 2.26. The summed E-state index contributed by atoms with van der Waals surface area (Å²) in [6.45, 7) is 11.3. The third-order valence-electron chi connectivity index (χ3n) is 4.30. The third kappa shape index (κ3) is 3.09. The fourth-order valence-corrected chi connectivity index (χ4v) is 3.30. The molecular formula is C17H28N2O. The summed E-state index contributed by atoms with van der Waals surface area (Å²) in [5.74, 6) is 1.58. The van der Waals surface area contributed by atoms with Gasteiger partial charge in [-0.1, -0.05) is 6.07 Å². The molecule has 1 aliphatic rings. The van der Waals surface area contributed by atoms with Crippen molar-refractivity contribution in [3.8, 4) is 5.75 Å². The Morgan fingerprint density at radius 1 is 1.25 bits per heavy atom. The number of benzene rings is 1. The van der Waals surface area contributed by atoms with E-state index in [-0.39, 0.29) is 0 Å². The highest BCUT2D eigenvalue weighted by Crippen LogP contribution is 2.40. The molecule has 1 aromatic carbocycles. The maximum absolute atomic E-state index is 5.54. The average molecular weight is 276 g/mol. The maximum Gasteiger partial charge on any atom is 0.124 e. The first kappa shape index (κ1) is 15.2. The molecule has 1 unspecified atom stereocenters. The van der Waals surface area contributed by atoms with Crippen LogP contribution in [0.25, 0.3) is 0 Å². The molecule has 0 saturated carbocycles. The lowest BCUT2D eigenvalue weighted by Crippen LogP contribution is -2.38. The number of hydrogen-bond acceptors (Lipinski definition) is 3. The van der Waals surface area contributed by atoms with E-state index in [9.17, 15) is 0 Å². The molecule has 0 radical (unpaired) electrons. The molecule has 112 valence electrons. The quantitative estimate of drug-likeness (QED) is 0.857. The zero-order valence-electron chi connectivity index (χ0n) is 13.4. The van der Waals surface area contributed by atoms with E-state index in [0.717, 1.165) is 18.8 Å². The second kappa shape index (κ2) is 6.49. The van der Waals surface area contributed by atoms with Crippen LogP contribution in [0.3, 0.4) is 0 Å². The minimum Gasteiger partial charge on any atom is -0.496 e. The molecule has 0 bridgehead atoms. The standard InChI is InChI=1S/C17H28N2O/c1-12(2)19(13(3)4)10-9-14-11-18-15-7-6-8-16(20-5)17(14)15/h6-8,12-14,18H,9-11H2,1-5H3. The molecule has 1 aromatic rings. The Labute approximate surface area is 123 Å². The van der Waals surface area contributed by atoms with E-state index in [1.807, 2.05) is 0 Å². The normalized spacial score (nSPS) is 17.7. The molecule has 0 spiro atoms. The molecular weight excluding hydrogens is 248 g/mol. The summed E-state index contributed by atoms with van der Waals surface area (Å²) < 4.78 is 5.54. The third-order valence-corrected chi connectivity index (χ3v) is 4.30. The molecule has 3 heteroatoms.